The summed E-state index contributed by atoms with van der Waals surface area (Å²) in [5.74, 6) is -0.581. The minimum Gasteiger partial charge on any atom is -0.466 e. The van der Waals surface area contributed by atoms with Crippen molar-refractivity contribution < 1.29 is 14.3 Å². The number of carbonyl (C=O) groups excluding carboxylic acids is 2. The number of hydrogen-bond donors (Lipinski definition) is 0. The number of para-hydroxylation sites is 1. The van der Waals surface area contributed by atoms with Crippen molar-refractivity contribution in [2.45, 2.75) is 33.1 Å². The average molecular weight is 390 g/mol. The van der Waals surface area contributed by atoms with E-state index in [1.165, 1.54) is 0 Å². The van der Waals surface area contributed by atoms with Gasteiger partial charge in [0.1, 0.15) is 0 Å². The summed E-state index contributed by atoms with van der Waals surface area (Å²) in [5.41, 5.74) is 2.12. The molecule has 1 aromatic carbocycles. The van der Waals surface area contributed by atoms with Crippen molar-refractivity contribution in [3.8, 4) is 5.69 Å². The van der Waals surface area contributed by atoms with Crippen molar-refractivity contribution in [3.63, 3.8) is 0 Å². The Balaban J connectivity index is 1.85. The molecule has 1 aromatic heterocycles. The van der Waals surface area contributed by atoms with Gasteiger partial charge in [-0.05, 0) is 38.3 Å². The molecule has 6 nitrogen and oxygen atoms in total. The van der Waals surface area contributed by atoms with Crippen molar-refractivity contribution in [1.82, 2.24) is 14.7 Å². The first-order chi connectivity index (χ1) is 13.1. The molecule has 2 heterocycles. The average Bonchev–Trinajstić information content (AvgIpc) is 3.11. The van der Waals surface area contributed by atoms with E-state index in [9.17, 15) is 9.59 Å². The van der Waals surface area contributed by atoms with Crippen LogP contribution in [0.5, 0.6) is 0 Å². The minimum atomic E-state index is -0.258. The molecule has 1 amide bonds. The highest BCUT2D eigenvalue weighted by Crippen LogP contribution is 2.25. The summed E-state index contributed by atoms with van der Waals surface area (Å²) in [7, 11) is 0. The number of halogens is 1. The van der Waals surface area contributed by atoms with Crippen LogP contribution in [0.4, 0.5) is 0 Å². The van der Waals surface area contributed by atoms with Gasteiger partial charge in [0.15, 0.2) is 0 Å². The van der Waals surface area contributed by atoms with E-state index >= 15 is 0 Å². The number of esters is 1. The van der Waals surface area contributed by atoms with Gasteiger partial charge in [-0.25, -0.2) is 4.68 Å². The van der Waals surface area contributed by atoms with Gasteiger partial charge in [-0.1, -0.05) is 30.7 Å². The second-order valence-corrected chi connectivity index (χ2v) is 6.97. The van der Waals surface area contributed by atoms with Crippen molar-refractivity contribution in [2.24, 2.45) is 5.92 Å². The first-order valence-corrected chi connectivity index (χ1v) is 9.72. The number of carbonyl (C=O) groups is 2. The number of nitrogens with zero attached hydrogens (tertiary/aromatic N) is 3. The largest absolute Gasteiger partial charge is 0.466 e. The molecule has 0 aliphatic carbocycles. The molecule has 1 aliphatic heterocycles. The van der Waals surface area contributed by atoms with E-state index in [1.807, 2.05) is 25.1 Å². The summed E-state index contributed by atoms with van der Waals surface area (Å²) in [4.78, 5) is 26.9. The summed E-state index contributed by atoms with van der Waals surface area (Å²) in [6, 6.07) is 7.42. The number of aromatic nitrogens is 2. The van der Waals surface area contributed by atoms with Crippen molar-refractivity contribution in [2.75, 3.05) is 19.7 Å². The highest BCUT2D eigenvalue weighted by atomic mass is 35.5. The molecule has 27 heavy (non-hydrogen) atoms. The van der Waals surface area contributed by atoms with E-state index in [0.717, 1.165) is 24.2 Å². The Hall–Kier alpha value is -2.34. The van der Waals surface area contributed by atoms with Crippen LogP contribution in [-0.2, 0) is 16.0 Å². The number of likely N-dealkylation sites (tertiary alicyclic amines) is 1. The maximum atomic E-state index is 13.1. The van der Waals surface area contributed by atoms with Gasteiger partial charge in [-0.3, -0.25) is 9.59 Å². The van der Waals surface area contributed by atoms with Crippen molar-refractivity contribution in [3.05, 3.63) is 46.7 Å². The SMILES string of the molecule is CCOC(=O)[C@@H]1CCCN(C(=O)c2cnn(-c3ccccc3Cl)c2CC)C1. The highest BCUT2D eigenvalue weighted by molar-refractivity contribution is 6.32. The fraction of sp³-hybridized carbons (Fsp3) is 0.450. The molecule has 0 bridgehead atoms. The second kappa shape index (κ2) is 8.57. The lowest BCUT2D eigenvalue weighted by Gasteiger charge is -2.31. The van der Waals surface area contributed by atoms with Crippen LogP contribution < -0.4 is 0 Å². The molecule has 7 heteroatoms. The monoisotopic (exact) mass is 389 g/mol. The Labute approximate surface area is 164 Å². The van der Waals surface area contributed by atoms with Crippen LogP contribution in [0.3, 0.4) is 0 Å². The third kappa shape index (κ3) is 4.00. The van der Waals surface area contributed by atoms with Crippen LogP contribution >= 0.6 is 11.6 Å². The van der Waals surface area contributed by atoms with E-state index in [1.54, 1.807) is 28.8 Å². The third-order valence-electron chi connectivity index (χ3n) is 4.84. The number of amides is 1. The van der Waals surface area contributed by atoms with Crippen LogP contribution in [0.15, 0.2) is 30.5 Å². The van der Waals surface area contributed by atoms with E-state index in [0.29, 0.717) is 36.7 Å². The van der Waals surface area contributed by atoms with Crippen LogP contribution in [0.25, 0.3) is 5.69 Å². The summed E-state index contributed by atoms with van der Waals surface area (Å²) in [5, 5.41) is 4.99. The molecule has 0 N–H and O–H groups in total. The summed E-state index contributed by atoms with van der Waals surface area (Å²) >= 11 is 6.30. The Bertz CT molecular complexity index is 834. The fourth-order valence-corrected chi connectivity index (χ4v) is 3.72. The van der Waals surface area contributed by atoms with Gasteiger partial charge in [0.2, 0.25) is 0 Å². The Morgan fingerprint density at radius 3 is 2.78 bits per heavy atom. The number of ether oxygens (including phenoxy) is 1. The molecule has 0 radical (unpaired) electrons. The van der Waals surface area contributed by atoms with Crippen LogP contribution in [0.2, 0.25) is 5.02 Å². The first kappa shape index (κ1) is 19.4. The minimum absolute atomic E-state index is 0.0980. The van der Waals surface area contributed by atoms with Crippen LogP contribution in [-0.4, -0.2) is 46.3 Å². The normalized spacial score (nSPS) is 17.0. The van der Waals surface area contributed by atoms with Gasteiger partial charge in [0, 0.05) is 13.1 Å². The lowest BCUT2D eigenvalue weighted by Crippen LogP contribution is -2.43. The van der Waals surface area contributed by atoms with Gasteiger partial charge < -0.3 is 9.64 Å². The van der Waals surface area contributed by atoms with E-state index < -0.39 is 0 Å². The molecule has 144 valence electrons. The number of hydrogen-bond acceptors (Lipinski definition) is 4. The Morgan fingerprint density at radius 2 is 2.07 bits per heavy atom. The second-order valence-electron chi connectivity index (χ2n) is 6.56. The molecule has 2 aromatic rings. The van der Waals surface area contributed by atoms with E-state index in [-0.39, 0.29) is 17.8 Å². The van der Waals surface area contributed by atoms with Gasteiger partial charge in [-0.15, -0.1) is 0 Å². The lowest BCUT2D eigenvalue weighted by atomic mass is 9.97. The first-order valence-electron chi connectivity index (χ1n) is 9.34. The summed E-state index contributed by atoms with van der Waals surface area (Å²) in [6.45, 7) is 5.15. The fourth-order valence-electron chi connectivity index (χ4n) is 3.51. The lowest BCUT2D eigenvalue weighted by molar-refractivity contribution is -0.149. The molecular formula is C20H24ClN3O3. The molecule has 0 saturated carbocycles. The number of benzene rings is 1. The molecular weight excluding hydrogens is 366 g/mol. The zero-order chi connectivity index (χ0) is 19.4. The zero-order valence-corrected chi connectivity index (χ0v) is 16.4. The third-order valence-corrected chi connectivity index (χ3v) is 5.16. The van der Waals surface area contributed by atoms with Gasteiger partial charge in [0.25, 0.3) is 5.91 Å². The van der Waals surface area contributed by atoms with Crippen molar-refractivity contribution >= 4 is 23.5 Å². The molecule has 0 spiro atoms. The molecule has 1 saturated heterocycles. The molecule has 1 aliphatic rings. The highest BCUT2D eigenvalue weighted by Gasteiger charge is 2.31. The predicted molar refractivity (Wildman–Crippen MR) is 103 cm³/mol. The number of piperidine rings is 1. The van der Waals surface area contributed by atoms with E-state index in [2.05, 4.69) is 5.10 Å². The summed E-state index contributed by atoms with van der Waals surface area (Å²) in [6.07, 6.45) is 3.78. The van der Waals surface area contributed by atoms with Gasteiger partial charge in [0.05, 0.1) is 40.7 Å². The summed E-state index contributed by atoms with van der Waals surface area (Å²) < 4.78 is 6.85. The standard InChI is InChI=1S/C20H24ClN3O3/c1-3-17-15(12-22-24(17)18-10-6-5-9-16(18)21)19(25)23-11-7-8-14(13-23)20(26)27-4-2/h5-6,9-10,12,14H,3-4,7-8,11,13H2,1-2H3/t14-/m1/s1. The molecule has 0 unspecified atom stereocenters. The zero-order valence-electron chi connectivity index (χ0n) is 15.7. The number of rotatable bonds is 5. The maximum Gasteiger partial charge on any atom is 0.310 e. The smallest absolute Gasteiger partial charge is 0.310 e. The van der Waals surface area contributed by atoms with Gasteiger partial charge in [-0.2, -0.15) is 5.10 Å². The van der Waals surface area contributed by atoms with Crippen LogP contribution in [0, 0.1) is 5.92 Å². The van der Waals surface area contributed by atoms with E-state index in [4.69, 9.17) is 16.3 Å². The Kier molecular flexibility index (Phi) is 6.16. The molecule has 3 rings (SSSR count). The quantitative estimate of drug-likeness (QED) is 0.734. The van der Waals surface area contributed by atoms with Crippen LogP contribution in [0.1, 0.15) is 42.7 Å². The van der Waals surface area contributed by atoms with Crippen molar-refractivity contribution in [1.29, 1.82) is 0 Å². The molecule has 1 fully saturated rings. The van der Waals surface area contributed by atoms with Gasteiger partial charge >= 0.3 is 5.97 Å². The molecule has 1 atom stereocenters. The predicted octanol–water partition coefficient (Wildman–Crippen LogP) is 3.50. The maximum absolute atomic E-state index is 13.1. The topological polar surface area (TPSA) is 64.4 Å². The Morgan fingerprint density at radius 1 is 1.30 bits per heavy atom.